The molecule has 2 aromatic rings. The van der Waals surface area contributed by atoms with Crippen LogP contribution in [-0.4, -0.2) is 57.3 Å². The number of anilines is 1. The van der Waals surface area contributed by atoms with Gasteiger partial charge in [0, 0.05) is 37.6 Å². The average Bonchev–Trinajstić information content (AvgIpc) is 2.96. The van der Waals surface area contributed by atoms with Gasteiger partial charge < -0.3 is 14.7 Å². The smallest absolute Gasteiger partial charge is 0.358 e. The quantitative estimate of drug-likeness (QED) is 0.792. The van der Waals surface area contributed by atoms with Gasteiger partial charge in [0.05, 0.1) is 31.3 Å². The lowest BCUT2D eigenvalue weighted by Gasteiger charge is -2.16. The van der Waals surface area contributed by atoms with Crippen LogP contribution < -0.4 is 4.90 Å². The zero-order valence-corrected chi connectivity index (χ0v) is 12.7. The fourth-order valence-corrected chi connectivity index (χ4v) is 2.64. The normalized spacial score (nSPS) is 20.5. The van der Waals surface area contributed by atoms with Crippen LogP contribution in [0.15, 0.2) is 31.0 Å². The molecule has 0 saturated carbocycles. The van der Waals surface area contributed by atoms with Crippen LogP contribution in [0.3, 0.4) is 0 Å². The number of hydrogen-bond donors (Lipinski definition) is 1. The molecule has 0 bridgehead atoms. The molecule has 120 valence electrons. The molecule has 0 spiro atoms. The maximum atomic E-state index is 11.4. The molecule has 0 radical (unpaired) electrons. The summed E-state index contributed by atoms with van der Waals surface area (Å²) in [5.41, 5.74) is 1.01. The van der Waals surface area contributed by atoms with Crippen molar-refractivity contribution in [1.29, 1.82) is 0 Å². The maximum absolute atomic E-state index is 11.4. The van der Waals surface area contributed by atoms with Gasteiger partial charge in [0.15, 0.2) is 5.69 Å². The predicted octanol–water partition coefficient (Wildman–Crippen LogP) is 0.0930. The Bertz CT molecular complexity index is 665. The van der Waals surface area contributed by atoms with E-state index in [0.717, 1.165) is 5.69 Å². The van der Waals surface area contributed by atoms with E-state index in [1.807, 2.05) is 4.90 Å². The van der Waals surface area contributed by atoms with Gasteiger partial charge in [0.2, 0.25) is 0 Å². The molecule has 1 fully saturated rings. The Balaban J connectivity index is 1.67. The van der Waals surface area contributed by atoms with Gasteiger partial charge in [0.1, 0.15) is 5.82 Å². The Labute approximate surface area is 133 Å². The number of methoxy groups -OCH3 is 1. The highest BCUT2D eigenvalue weighted by atomic mass is 16.5. The summed E-state index contributed by atoms with van der Waals surface area (Å²) in [5.74, 6) is 0.151. The van der Waals surface area contributed by atoms with Gasteiger partial charge >= 0.3 is 5.97 Å². The fraction of sp³-hybridized carbons (Fsp3) is 0.400. The molecule has 3 rings (SSSR count). The average molecular weight is 315 g/mol. The number of hydrogen-bond acceptors (Lipinski definition) is 8. The molecule has 8 heteroatoms. The topological polar surface area (TPSA) is 101 Å². The third-order valence-electron chi connectivity index (χ3n) is 3.85. The molecule has 3 heterocycles. The molecule has 2 aromatic heterocycles. The summed E-state index contributed by atoms with van der Waals surface area (Å²) in [7, 11) is 1.30. The Morgan fingerprint density at radius 2 is 2.13 bits per heavy atom. The highest BCUT2D eigenvalue weighted by molar-refractivity contribution is 5.86. The van der Waals surface area contributed by atoms with E-state index < -0.39 is 12.1 Å². The van der Waals surface area contributed by atoms with E-state index in [-0.39, 0.29) is 11.6 Å². The van der Waals surface area contributed by atoms with Gasteiger partial charge in [-0.2, -0.15) is 0 Å². The molecule has 0 aliphatic carbocycles. The molecule has 23 heavy (non-hydrogen) atoms. The summed E-state index contributed by atoms with van der Waals surface area (Å²) in [6.07, 6.45) is 8.05. The second kappa shape index (κ2) is 6.66. The third kappa shape index (κ3) is 3.42. The van der Waals surface area contributed by atoms with Crippen LogP contribution in [0.25, 0.3) is 0 Å². The number of β-amino-alcohol motifs (C(OH)–C–C–N with tert-alkyl or cyclic N) is 1. The zero-order valence-electron chi connectivity index (χ0n) is 12.7. The number of aliphatic hydroxyl groups is 1. The number of nitrogens with zero attached hydrogens (tertiary/aromatic N) is 5. The first kappa shape index (κ1) is 15.3. The lowest BCUT2D eigenvalue weighted by molar-refractivity contribution is 0.0593. The van der Waals surface area contributed by atoms with Gasteiger partial charge in [-0.3, -0.25) is 9.97 Å². The molecular weight excluding hydrogens is 298 g/mol. The minimum absolute atomic E-state index is 0.0498. The minimum atomic E-state index is -0.522. The van der Waals surface area contributed by atoms with E-state index in [1.165, 1.54) is 19.5 Å². The summed E-state index contributed by atoms with van der Waals surface area (Å²) in [5, 5.41) is 10.3. The Morgan fingerprint density at radius 3 is 2.78 bits per heavy atom. The van der Waals surface area contributed by atoms with Gasteiger partial charge in [0.25, 0.3) is 0 Å². The van der Waals surface area contributed by atoms with Crippen molar-refractivity contribution in [2.75, 3.05) is 25.1 Å². The highest BCUT2D eigenvalue weighted by Crippen LogP contribution is 2.24. The largest absolute Gasteiger partial charge is 0.464 e. The second-order valence-corrected chi connectivity index (χ2v) is 5.38. The summed E-state index contributed by atoms with van der Waals surface area (Å²) < 4.78 is 4.59. The Kier molecular flexibility index (Phi) is 4.42. The van der Waals surface area contributed by atoms with Crippen LogP contribution in [0.5, 0.6) is 0 Å². The van der Waals surface area contributed by atoms with E-state index >= 15 is 0 Å². The molecule has 1 aliphatic heterocycles. The minimum Gasteiger partial charge on any atom is -0.464 e. The molecule has 8 nitrogen and oxygen atoms in total. The van der Waals surface area contributed by atoms with Crippen molar-refractivity contribution in [2.45, 2.75) is 12.5 Å². The van der Waals surface area contributed by atoms with Gasteiger partial charge in [-0.05, 0) is 6.42 Å². The molecule has 1 saturated heterocycles. The molecular formula is C15H17N5O3. The first-order valence-electron chi connectivity index (χ1n) is 7.25. The monoisotopic (exact) mass is 315 g/mol. The molecule has 1 N–H and O–H groups in total. The molecule has 1 aliphatic rings. The standard InChI is InChI=1S/C15H17N5O3/c1-23-15(22)12-6-19-14(7-18-12)20-8-10(13(21)9-20)4-11-5-16-2-3-17-11/h2-3,5-7,10,13,21H,4,8-9H2,1H3/t10-,13-/m1/s1. The van der Waals surface area contributed by atoms with Crippen LogP contribution >= 0.6 is 0 Å². The maximum Gasteiger partial charge on any atom is 0.358 e. The Morgan fingerprint density at radius 1 is 1.26 bits per heavy atom. The van der Waals surface area contributed by atoms with Crippen molar-refractivity contribution in [3.8, 4) is 0 Å². The summed E-state index contributed by atoms with van der Waals surface area (Å²) in [6, 6.07) is 0. The van der Waals surface area contributed by atoms with E-state index in [9.17, 15) is 9.90 Å². The van der Waals surface area contributed by atoms with E-state index in [4.69, 9.17) is 0 Å². The van der Waals surface area contributed by atoms with Crippen molar-refractivity contribution in [1.82, 2.24) is 19.9 Å². The van der Waals surface area contributed by atoms with Crippen LogP contribution in [0.2, 0.25) is 0 Å². The highest BCUT2D eigenvalue weighted by Gasteiger charge is 2.32. The summed E-state index contributed by atoms with van der Waals surface area (Å²) >= 11 is 0. The molecule has 2 atom stereocenters. The van der Waals surface area contributed by atoms with E-state index in [1.54, 1.807) is 18.6 Å². The van der Waals surface area contributed by atoms with Crippen molar-refractivity contribution < 1.29 is 14.6 Å². The lowest BCUT2D eigenvalue weighted by Crippen LogP contribution is -2.22. The van der Waals surface area contributed by atoms with Crippen LogP contribution in [0, 0.1) is 5.92 Å². The summed E-state index contributed by atoms with van der Waals surface area (Å²) in [4.78, 5) is 29.9. The lowest BCUT2D eigenvalue weighted by atomic mass is 10.0. The van der Waals surface area contributed by atoms with Crippen molar-refractivity contribution in [3.05, 3.63) is 42.4 Å². The van der Waals surface area contributed by atoms with Crippen LogP contribution in [0.4, 0.5) is 5.82 Å². The van der Waals surface area contributed by atoms with E-state index in [0.29, 0.717) is 25.3 Å². The zero-order chi connectivity index (χ0) is 16.2. The number of aromatic nitrogens is 4. The number of rotatable bonds is 4. The van der Waals surface area contributed by atoms with Gasteiger partial charge in [-0.25, -0.2) is 14.8 Å². The number of aliphatic hydroxyl groups excluding tert-OH is 1. The van der Waals surface area contributed by atoms with Crippen molar-refractivity contribution >= 4 is 11.8 Å². The first-order chi connectivity index (χ1) is 11.2. The SMILES string of the molecule is COC(=O)c1cnc(N2C[C@@H](Cc3cnccn3)[C@H](O)C2)cn1. The number of carbonyl (C=O) groups excluding carboxylic acids is 1. The molecule has 0 aromatic carbocycles. The fourth-order valence-electron chi connectivity index (χ4n) is 2.64. The van der Waals surface area contributed by atoms with Crippen LogP contribution in [-0.2, 0) is 11.2 Å². The van der Waals surface area contributed by atoms with Gasteiger partial charge in [-0.15, -0.1) is 0 Å². The molecule has 0 amide bonds. The van der Waals surface area contributed by atoms with E-state index in [2.05, 4.69) is 24.7 Å². The predicted molar refractivity (Wildman–Crippen MR) is 80.8 cm³/mol. The number of ether oxygens (including phenoxy) is 1. The first-order valence-corrected chi connectivity index (χ1v) is 7.25. The second-order valence-electron chi connectivity index (χ2n) is 5.38. The number of carbonyl (C=O) groups is 1. The van der Waals surface area contributed by atoms with Crippen molar-refractivity contribution in [3.63, 3.8) is 0 Å². The number of esters is 1. The summed E-state index contributed by atoms with van der Waals surface area (Å²) in [6.45, 7) is 1.11. The van der Waals surface area contributed by atoms with Gasteiger partial charge in [-0.1, -0.05) is 0 Å². The Hall–Kier alpha value is -2.61. The van der Waals surface area contributed by atoms with Crippen LogP contribution in [0.1, 0.15) is 16.2 Å². The third-order valence-corrected chi connectivity index (χ3v) is 3.85. The van der Waals surface area contributed by atoms with Crippen molar-refractivity contribution in [2.24, 2.45) is 5.92 Å². The molecule has 0 unspecified atom stereocenters.